The largest absolute Gasteiger partial charge is 0.497 e. The summed E-state index contributed by atoms with van der Waals surface area (Å²) in [5.41, 5.74) is 1.62. The van der Waals surface area contributed by atoms with E-state index in [0.29, 0.717) is 18.0 Å². The molecule has 2 aliphatic rings. The monoisotopic (exact) mass is 257 g/mol. The van der Waals surface area contributed by atoms with Crippen LogP contribution in [-0.4, -0.2) is 33.2 Å². The van der Waals surface area contributed by atoms with Crippen LogP contribution in [0.1, 0.15) is 24.7 Å². The second-order valence-electron chi connectivity index (χ2n) is 4.62. The van der Waals surface area contributed by atoms with Crippen molar-refractivity contribution < 1.29 is 9.53 Å². The molecule has 2 aromatic rings. The Morgan fingerprint density at radius 2 is 2.26 bits per heavy atom. The number of tetrazole rings is 1. The molecule has 0 radical (unpaired) electrons. The highest BCUT2D eigenvalue weighted by Gasteiger charge is 2.41. The Morgan fingerprint density at radius 3 is 3.11 bits per heavy atom. The minimum Gasteiger partial charge on any atom is -0.497 e. The summed E-state index contributed by atoms with van der Waals surface area (Å²) >= 11 is 0. The Bertz CT molecular complexity index is 681. The number of nitrogens with zero attached hydrogens (tertiary/aromatic N) is 5. The average molecular weight is 257 g/mol. The number of amides is 1. The van der Waals surface area contributed by atoms with Crippen molar-refractivity contribution in [2.24, 2.45) is 0 Å². The molecule has 7 heteroatoms. The van der Waals surface area contributed by atoms with Crippen LogP contribution in [0.15, 0.2) is 18.2 Å². The number of carbonyl (C=O) groups excluding carboxylic acids is 1. The van der Waals surface area contributed by atoms with Crippen LogP contribution in [0, 0.1) is 0 Å². The summed E-state index contributed by atoms with van der Waals surface area (Å²) in [5, 5.41) is 11.8. The van der Waals surface area contributed by atoms with Crippen molar-refractivity contribution in [1.82, 2.24) is 20.2 Å². The summed E-state index contributed by atoms with van der Waals surface area (Å²) in [6.45, 7) is 0. The lowest BCUT2D eigenvalue weighted by Crippen LogP contribution is -2.33. The van der Waals surface area contributed by atoms with Crippen molar-refractivity contribution in [2.45, 2.75) is 18.9 Å². The summed E-state index contributed by atoms with van der Waals surface area (Å²) in [6, 6.07) is 5.52. The van der Waals surface area contributed by atoms with Crippen LogP contribution in [-0.2, 0) is 4.79 Å². The van der Waals surface area contributed by atoms with Gasteiger partial charge in [0.2, 0.25) is 5.91 Å². The highest BCUT2D eigenvalue weighted by molar-refractivity contribution is 5.99. The van der Waals surface area contributed by atoms with Crippen LogP contribution in [0.3, 0.4) is 0 Å². The van der Waals surface area contributed by atoms with Gasteiger partial charge in [-0.3, -0.25) is 9.69 Å². The van der Waals surface area contributed by atoms with Gasteiger partial charge in [-0.05, 0) is 29.0 Å². The fourth-order valence-electron chi connectivity index (χ4n) is 2.81. The normalized spacial score (nSPS) is 19.9. The zero-order valence-corrected chi connectivity index (χ0v) is 10.3. The van der Waals surface area contributed by atoms with E-state index >= 15 is 0 Å². The maximum atomic E-state index is 12.1. The molecule has 1 aromatic heterocycles. The van der Waals surface area contributed by atoms with Crippen molar-refractivity contribution in [2.75, 3.05) is 12.0 Å². The highest BCUT2D eigenvalue weighted by Crippen LogP contribution is 2.44. The van der Waals surface area contributed by atoms with Gasteiger partial charge in [-0.25, -0.2) is 0 Å². The highest BCUT2D eigenvalue weighted by atomic mass is 16.5. The Hall–Kier alpha value is -2.44. The molecule has 7 nitrogen and oxygen atoms in total. The first kappa shape index (κ1) is 10.5. The number of fused-ring (bicyclic) bond motifs is 6. The zero-order chi connectivity index (χ0) is 13.0. The maximum Gasteiger partial charge on any atom is 0.227 e. The molecular formula is C12H11N5O2. The summed E-state index contributed by atoms with van der Waals surface area (Å²) in [4.78, 5) is 13.9. The van der Waals surface area contributed by atoms with Crippen LogP contribution in [0.4, 0.5) is 5.69 Å². The van der Waals surface area contributed by atoms with E-state index in [2.05, 4.69) is 15.5 Å². The zero-order valence-electron chi connectivity index (χ0n) is 10.3. The lowest BCUT2D eigenvalue weighted by molar-refractivity contribution is -0.117. The van der Waals surface area contributed by atoms with Crippen LogP contribution < -0.4 is 9.64 Å². The van der Waals surface area contributed by atoms with Crippen molar-refractivity contribution >= 4 is 11.6 Å². The second kappa shape index (κ2) is 3.53. The lowest BCUT2D eigenvalue weighted by atomic mass is 10.1. The Kier molecular flexibility index (Phi) is 1.95. The molecular weight excluding hydrogens is 246 g/mol. The third-order valence-electron chi connectivity index (χ3n) is 3.67. The average Bonchev–Trinajstić information content (AvgIpc) is 3.05. The van der Waals surface area contributed by atoms with Gasteiger partial charge >= 0.3 is 0 Å². The second-order valence-corrected chi connectivity index (χ2v) is 4.62. The summed E-state index contributed by atoms with van der Waals surface area (Å²) in [6.07, 6.45) is 1.29. The number of benzene rings is 1. The van der Waals surface area contributed by atoms with Crippen molar-refractivity contribution in [3.63, 3.8) is 0 Å². The molecule has 0 unspecified atom stereocenters. The number of carbonyl (C=O) groups is 1. The van der Waals surface area contributed by atoms with Crippen molar-refractivity contribution in [1.29, 1.82) is 0 Å². The molecule has 0 bridgehead atoms. The topological polar surface area (TPSA) is 73.1 Å². The number of hydrogen-bond donors (Lipinski definition) is 0. The quantitative estimate of drug-likeness (QED) is 0.757. The molecule has 0 aliphatic carbocycles. The minimum absolute atomic E-state index is 0.0524. The lowest BCUT2D eigenvalue weighted by Gasteiger charge is -2.30. The Labute approximate surface area is 108 Å². The van der Waals surface area contributed by atoms with E-state index in [-0.39, 0.29) is 11.9 Å². The number of methoxy groups -OCH3 is 1. The standard InChI is InChI=1S/C12H11N5O2/c1-19-7-2-3-8-10(6-7)17-12(13-14-15-17)9-4-5-11(18)16(8)9/h2-3,6,9H,4-5H2,1H3/t9-/m0/s1. The van der Waals surface area contributed by atoms with E-state index in [1.807, 2.05) is 18.2 Å². The molecule has 0 N–H and O–H groups in total. The van der Waals surface area contributed by atoms with Crippen LogP contribution in [0.25, 0.3) is 5.69 Å². The molecule has 0 saturated carbocycles. The van der Waals surface area contributed by atoms with E-state index < -0.39 is 0 Å². The molecule has 1 saturated heterocycles. The van der Waals surface area contributed by atoms with Gasteiger partial charge < -0.3 is 4.74 Å². The minimum atomic E-state index is -0.0524. The Balaban J connectivity index is 2.00. The first-order chi connectivity index (χ1) is 9.29. The fraction of sp³-hybridized carbons (Fsp3) is 0.333. The number of hydrogen-bond acceptors (Lipinski definition) is 5. The Morgan fingerprint density at radius 1 is 1.37 bits per heavy atom. The number of ether oxygens (including phenoxy) is 1. The van der Waals surface area contributed by atoms with Gasteiger partial charge in [-0.15, -0.1) is 5.10 Å². The van der Waals surface area contributed by atoms with E-state index in [9.17, 15) is 4.79 Å². The fourth-order valence-corrected chi connectivity index (χ4v) is 2.81. The van der Waals surface area contributed by atoms with Gasteiger partial charge in [-0.2, -0.15) is 4.68 Å². The number of anilines is 1. The molecule has 96 valence electrons. The molecule has 0 spiro atoms. The summed E-state index contributed by atoms with van der Waals surface area (Å²) < 4.78 is 6.92. The first-order valence-corrected chi connectivity index (χ1v) is 6.08. The molecule has 1 atom stereocenters. The molecule has 1 fully saturated rings. The first-order valence-electron chi connectivity index (χ1n) is 6.08. The molecule has 4 rings (SSSR count). The molecule has 3 heterocycles. The molecule has 1 amide bonds. The maximum absolute atomic E-state index is 12.1. The van der Waals surface area contributed by atoms with Gasteiger partial charge in [0, 0.05) is 12.5 Å². The van der Waals surface area contributed by atoms with Gasteiger partial charge in [-0.1, -0.05) is 0 Å². The number of rotatable bonds is 1. The predicted octanol–water partition coefficient (Wildman–Crippen LogP) is 0.852. The van der Waals surface area contributed by atoms with Crippen LogP contribution in [0.2, 0.25) is 0 Å². The van der Waals surface area contributed by atoms with Crippen LogP contribution in [0.5, 0.6) is 5.75 Å². The van der Waals surface area contributed by atoms with Gasteiger partial charge in [0.15, 0.2) is 5.82 Å². The smallest absolute Gasteiger partial charge is 0.227 e. The van der Waals surface area contributed by atoms with Gasteiger partial charge in [0.25, 0.3) is 0 Å². The predicted molar refractivity (Wildman–Crippen MR) is 65.2 cm³/mol. The van der Waals surface area contributed by atoms with Gasteiger partial charge in [0.1, 0.15) is 5.75 Å². The van der Waals surface area contributed by atoms with Crippen molar-refractivity contribution in [3.8, 4) is 11.4 Å². The summed E-state index contributed by atoms with van der Waals surface area (Å²) in [7, 11) is 1.61. The molecule has 1 aromatic carbocycles. The third kappa shape index (κ3) is 1.26. The molecule has 19 heavy (non-hydrogen) atoms. The van der Waals surface area contributed by atoms with Crippen LogP contribution >= 0.6 is 0 Å². The molecule has 2 aliphatic heterocycles. The van der Waals surface area contributed by atoms with E-state index in [1.54, 1.807) is 16.7 Å². The summed E-state index contributed by atoms with van der Waals surface area (Å²) in [5.74, 6) is 1.54. The van der Waals surface area contributed by atoms with E-state index in [4.69, 9.17) is 4.74 Å². The number of aromatic nitrogens is 4. The van der Waals surface area contributed by atoms with E-state index in [0.717, 1.165) is 17.8 Å². The third-order valence-corrected chi connectivity index (χ3v) is 3.67. The SMILES string of the molecule is COc1ccc2c(c1)-n1nnnc1[C@@H]1CCC(=O)N21. The van der Waals surface area contributed by atoms with Gasteiger partial charge in [0.05, 0.1) is 24.5 Å². The van der Waals surface area contributed by atoms with Crippen molar-refractivity contribution in [3.05, 3.63) is 24.0 Å². The van der Waals surface area contributed by atoms with E-state index in [1.165, 1.54) is 0 Å².